The molecule has 1 aromatic carbocycles. The van der Waals surface area contributed by atoms with E-state index in [0.29, 0.717) is 0 Å². The molecule has 74 valence electrons. The Morgan fingerprint density at radius 1 is 1.43 bits per heavy atom. The van der Waals surface area contributed by atoms with Crippen molar-refractivity contribution in [2.24, 2.45) is 5.73 Å². The number of benzene rings is 1. The molecule has 1 aromatic heterocycles. The van der Waals surface area contributed by atoms with Crippen molar-refractivity contribution in [3.8, 4) is 5.75 Å². The standard InChI is InChI=1S/C11H14N2O/c1-7(12)10-6-13-11-4-3-8(14-2)5-9(10)11/h3-7,13H,12H2,1-2H3. The number of nitrogens with two attached hydrogens (primary N) is 1. The molecule has 1 unspecified atom stereocenters. The third-order valence-corrected chi connectivity index (χ3v) is 2.41. The van der Waals surface area contributed by atoms with Crippen LogP contribution in [-0.2, 0) is 0 Å². The van der Waals surface area contributed by atoms with Crippen LogP contribution in [-0.4, -0.2) is 12.1 Å². The fourth-order valence-corrected chi connectivity index (χ4v) is 1.63. The molecule has 0 amide bonds. The summed E-state index contributed by atoms with van der Waals surface area (Å²) in [6.45, 7) is 1.97. The molecule has 2 aromatic rings. The van der Waals surface area contributed by atoms with Crippen LogP contribution in [0.25, 0.3) is 10.9 Å². The summed E-state index contributed by atoms with van der Waals surface area (Å²) in [6.07, 6.45) is 1.95. The van der Waals surface area contributed by atoms with Gasteiger partial charge in [0.25, 0.3) is 0 Å². The Kier molecular flexibility index (Phi) is 2.17. The summed E-state index contributed by atoms with van der Waals surface area (Å²) in [4.78, 5) is 3.19. The van der Waals surface area contributed by atoms with E-state index in [2.05, 4.69) is 4.98 Å². The second kappa shape index (κ2) is 3.35. The normalized spacial score (nSPS) is 13.1. The number of fused-ring (bicyclic) bond motifs is 1. The van der Waals surface area contributed by atoms with Gasteiger partial charge in [-0.1, -0.05) is 0 Å². The summed E-state index contributed by atoms with van der Waals surface area (Å²) >= 11 is 0. The van der Waals surface area contributed by atoms with Crippen LogP contribution >= 0.6 is 0 Å². The van der Waals surface area contributed by atoms with Crippen LogP contribution in [0, 0.1) is 0 Å². The van der Waals surface area contributed by atoms with Crippen molar-refractivity contribution in [2.75, 3.05) is 7.11 Å². The first kappa shape index (κ1) is 9.09. The molecule has 0 aliphatic heterocycles. The van der Waals surface area contributed by atoms with Crippen molar-refractivity contribution >= 4 is 10.9 Å². The second-order valence-corrected chi connectivity index (χ2v) is 3.44. The molecule has 1 atom stereocenters. The van der Waals surface area contributed by atoms with Crippen LogP contribution in [0.3, 0.4) is 0 Å². The minimum Gasteiger partial charge on any atom is -0.497 e. The first-order valence-electron chi connectivity index (χ1n) is 4.63. The minimum atomic E-state index is 0.0378. The molecule has 0 aliphatic carbocycles. The molecule has 1 heterocycles. The zero-order valence-corrected chi connectivity index (χ0v) is 8.37. The van der Waals surface area contributed by atoms with Crippen LogP contribution in [0.1, 0.15) is 18.5 Å². The molecule has 0 fully saturated rings. The molecule has 2 rings (SSSR count). The average Bonchev–Trinajstić information content (AvgIpc) is 2.59. The number of hydrogen-bond donors (Lipinski definition) is 2. The van der Waals surface area contributed by atoms with Gasteiger partial charge in [0.15, 0.2) is 0 Å². The Balaban J connectivity index is 2.63. The Morgan fingerprint density at radius 2 is 2.21 bits per heavy atom. The first-order valence-corrected chi connectivity index (χ1v) is 4.63. The zero-order chi connectivity index (χ0) is 10.1. The maximum atomic E-state index is 5.85. The van der Waals surface area contributed by atoms with Crippen molar-refractivity contribution < 1.29 is 4.74 Å². The maximum Gasteiger partial charge on any atom is 0.119 e. The Labute approximate surface area is 82.9 Å². The van der Waals surface area contributed by atoms with Crippen molar-refractivity contribution in [1.29, 1.82) is 0 Å². The minimum absolute atomic E-state index is 0.0378. The van der Waals surface area contributed by atoms with Gasteiger partial charge in [-0.3, -0.25) is 0 Å². The van der Waals surface area contributed by atoms with Crippen molar-refractivity contribution in [1.82, 2.24) is 4.98 Å². The van der Waals surface area contributed by atoms with Crippen LogP contribution < -0.4 is 10.5 Å². The molecule has 0 spiro atoms. The van der Waals surface area contributed by atoms with E-state index in [4.69, 9.17) is 10.5 Å². The van der Waals surface area contributed by atoms with E-state index in [9.17, 15) is 0 Å². The van der Waals surface area contributed by atoms with Gasteiger partial charge in [-0.05, 0) is 30.7 Å². The van der Waals surface area contributed by atoms with E-state index >= 15 is 0 Å². The van der Waals surface area contributed by atoms with E-state index in [1.807, 2.05) is 31.3 Å². The highest BCUT2D eigenvalue weighted by molar-refractivity contribution is 5.85. The zero-order valence-electron chi connectivity index (χ0n) is 8.37. The van der Waals surface area contributed by atoms with Crippen LogP contribution in [0.5, 0.6) is 5.75 Å². The predicted molar refractivity (Wildman–Crippen MR) is 57.5 cm³/mol. The lowest BCUT2D eigenvalue weighted by Crippen LogP contribution is -2.03. The van der Waals surface area contributed by atoms with Gasteiger partial charge in [-0.2, -0.15) is 0 Å². The molecule has 0 aliphatic rings. The molecule has 0 saturated heterocycles. The van der Waals surface area contributed by atoms with E-state index in [1.165, 1.54) is 0 Å². The number of aromatic nitrogens is 1. The Hall–Kier alpha value is -1.48. The molecule has 0 bridgehead atoms. The van der Waals surface area contributed by atoms with Gasteiger partial charge in [-0.15, -0.1) is 0 Å². The summed E-state index contributed by atoms with van der Waals surface area (Å²) in [5.74, 6) is 0.860. The Morgan fingerprint density at radius 3 is 2.86 bits per heavy atom. The fourth-order valence-electron chi connectivity index (χ4n) is 1.63. The number of ether oxygens (including phenoxy) is 1. The molecule has 0 radical (unpaired) electrons. The van der Waals surface area contributed by atoms with E-state index in [-0.39, 0.29) is 6.04 Å². The molecular weight excluding hydrogens is 176 g/mol. The van der Waals surface area contributed by atoms with Gasteiger partial charge in [-0.25, -0.2) is 0 Å². The quantitative estimate of drug-likeness (QED) is 0.762. The molecule has 3 heteroatoms. The van der Waals surface area contributed by atoms with E-state index < -0.39 is 0 Å². The van der Waals surface area contributed by atoms with E-state index in [1.54, 1.807) is 7.11 Å². The second-order valence-electron chi connectivity index (χ2n) is 3.44. The highest BCUT2D eigenvalue weighted by atomic mass is 16.5. The van der Waals surface area contributed by atoms with Crippen molar-refractivity contribution in [3.63, 3.8) is 0 Å². The summed E-state index contributed by atoms with van der Waals surface area (Å²) in [5, 5.41) is 1.14. The topological polar surface area (TPSA) is 51.0 Å². The maximum absolute atomic E-state index is 5.85. The monoisotopic (exact) mass is 190 g/mol. The van der Waals surface area contributed by atoms with Crippen LogP contribution in [0.15, 0.2) is 24.4 Å². The highest BCUT2D eigenvalue weighted by Gasteiger charge is 2.07. The lowest BCUT2D eigenvalue weighted by Gasteiger charge is -2.04. The SMILES string of the molecule is COc1ccc2[nH]cc(C(C)N)c2c1. The van der Waals surface area contributed by atoms with Gasteiger partial charge in [0, 0.05) is 23.1 Å². The lowest BCUT2D eigenvalue weighted by molar-refractivity contribution is 0.415. The summed E-state index contributed by atoms with van der Waals surface area (Å²) in [5.41, 5.74) is 8.07. The third kappa shape index (κ3) is 1.36. The highest BCUT2D eigenvalue weighted by Crippen LogP contribution is 2.26. The van der Waals surface area contributed by atoms with Gasteiger partial charge in [0.05, 0.1) is 7.11 Å². The van der Waals surface area contributed by atoms with Gasteiger partial charge < -0.3 is 15.5 Å². The fraction of sp³-hybridized carbons (Fsp3) is 0.273. The molecule has 14 heavy (non-hydrogen) atoms. The van der Waals surface area contributed by atoms with Gasteiger partial charge in [0.2, 0.25) is 0 Å². The van der Waals surface area contributed by atoms with Crippen molar-refractivity contribution in [3.05, 3.63) is 30.0 Å². The third-order valence-electron chi connectivity index (χ3n) is 2.41. The van der Waals surface area contributed by atoms with Gasteiger partial charge in [0.1, 0.15) is 5.75 Å². The number of nitrogens with one attached hydrogen (secondary N) is 1. The summed E-state index contributed by atoms with van der Waals surface area (Å²) in [6, 6.07) is 5.98. The number of H-pyrrole nitrogens is 1. The molecule has 3 N–H and O–H groups in total. The van der Waals surface area contributed by atoms with Crippen molar-refractivity contribution in [2.45, 2.75) is 13.0 Å². The molecular formula is C11H14N2O. The first-order chi connectivity index (χ1) is 6.72. The van der Waals surface area contributed by atoms with Crippen LogP contribution in [0.2, 0.25) is 0 Å². The van der Waals surface area contributed by atoms with Crippen LogP contribution in [0.4, 0.5) is 0 Å². The Bertz CT molecular complexity index is 445. The predicted octanol–water partition coefficient (Wildman–Crippen LogP) is 2.20. The average molecular weight is 190 g/mol. The lowest BCUT2D eigenvalue weighted by atomic mass is 10.1. The summed E-state index contributed by atoms with van der Waals surface area (Å²) < 4.78 is 5.17. The number of methoxy groups -OCH3 is 1. The molecule has 0 saturated carbocycles. The number of aromatic amines is 1. The smallest absolute Gasteiger partial charge is 0.119 e. The van der Waals surface area contributed by atoms with Gasteiger partial charge >= 0.3 is 0 Å². The number of hydrogen-bond acceptors (Lipinski definition) is 2. The van der Waals surface area contributed by atoms with E-state index in [0.717, 1.165) is 22.2 Å². The summed E-state index contributed by atoms with van der Waals surface area (Å²) in [7, 11) is 1.67. The molecule has 3 nitrogen and oxygen atoms in total. The number of rotatable bonds is 2. The largest absolute Gasteiger partial charge is 0.497 e.